The number of imidazole rings is 1. The van der Waals surface area contributed by atoms with Crippen LogP contribution in [-0.2, 0) is 11.8 Å². The molecule has 3 aliphatic carbocycles. The number of aromatic hydroxyl groups is 1. The number of benzene rings is 6. The smallest absolute Gasteiger partial charge is 0.119 e. The molecule has 7 aromatic rings. The van der Waals surface area contributed by atoms with E-state index < -0.39 is 33.5 Å². The molecule has 1 heterocycles. The average Bonchev–Trinajstić information content (AvgIpc) is 3.81. The van der Waals surface area contributed by atoms with Gasteiger partial charge in [0.25, 0.3) is 0 Å². The number of aromatic nitrogens is 2. The van der Waals surface area contributed by atoms with Crippen LogP contribution in [-0.4, -0.2) is 119 Å². The van der Waals surface area contributed by atoms with Gasteiger partial charge in [0.2, 0.25) is 0 Å². The summed E-state index contributed by atoms with van der Waals surface area (Å²) in [5.74, 6) is -1.03. The molecule has 0 bridgehead atoms. The zero-order valence-corrected chi connectivity index (χ0v) is 34.9. The van der Waals surface area contributed by atoms with Crippen LogP contribution in [0.1, 0.15) is 52.0 Å². The molecule has 6 aromatic carbocycles. The molecule has 4 nitrogen and oxygen atoms in total. The van der Waals surface area contributed by atoms with Crippen LogP contribution in [0.5, 0.6) is 5.75 Å². The quantitative estimate of drug-likeness (QED) is 0.255. The summed E-state index contributed by atoms with van der Waals surface area (Å²) in [5, 5.41) is 20.4. The second-order valence-corrected chi connectivity index (χ2v) is 17.1. The van der Waals surface area contributed by atoms with Crippen LogP contribution in [0.15, 0.2) is 131 Å². The fourth-order valence-electron chi connectivity index (χ4n) is 10.8. The molecule has 0 saturated heterocycles. The summed E-state index contributed by atoms with van der Waals surface area (Å²) in [6.07, 6.45) is 0.742. The molecule has 3 aliphatic rings. The van der Waals surface area contributed by atoms with Gasteiger partial charge in [-0.05, 0) is 108 Å². The Bertz CT molecular complexity index is 3290. The first kappa shape index (κ1) is 42.7. The highest BCUT2D eigenvalue weighted by Crippen LogP contribution is 2.62. The van der Waals surface area contributed by atoms with E-state index in [1.165, 1.54) is 0 Å². The zero-order valence-electron chi connectivity index (χ0n) is 34.9. The largest absolute Gasteiger partial charge is 0.509 e. The second-order valence-electron chi connectivity index (χ2n) is 17.1. The van der Waals surface area contributed by atoms with Gasteiger partial charge >= 0.3 is 0 Å². The minimum absolute atomic E-state index is 0.0465. The maximum atomic E-state index is 11.7. The molecule has 24 radical (unpaired) electrons. The Morgan fingerprint density at radius 2 is 1.34 bits per heavy atom. The Kier molecular flexibility index (Phi) is 9.79. The predicted molar refractivity (Wildman–Crippen MR) is 270 cm³/mol. The molecule has 0 amide bonds. The number of fused-ring (bicyclic) bond motifs is 7. The third-order valence-corrected chi connectivity index (χ3v) is 13.6. The van der Waals surface area contributed by atoms with E-state index in [4.69, 9.17) is 99.1 Å². The summed E-state index contributed by atoms with van der Waals surface area (Å²) in [6, 6.07) is 32.8. The number of hydrogen-bond donors (Lipinski definition) is 2. The Hall–Kier alpha value is -5.19. The number of phenols is 1. The van der Waals surface area contributed by atoms with Gasteiger partial charge in [-0.15, -0.1) is 21.5 Å². The maximum Gasteiger partial charge on any atom is 0.119 e. The van der Waals surface area contributed by atoms with Crippen molar-refractivity contribution < 1.29 is 10.2 Å². The van der Waals surface area contributed by atoms with Crippen molar-refractivity contribution in [2.45, 2.75) is 35.2 Å². The predicted octanol–water partition coefficient (Wildman–Crippen LogP) is 2.33. The van der Waals surface area contributed by atoms with Gasteiger partial charge in [-0.3, -0.25) is 4.57 Å². The van der Waals surface area contributed by atoms with Crippen LogP contribution in [0, 0.1) is 5.92 Å². The highest BCUT2D eigenvalue weighted by atomic mass is 16.3. The van der Waals surface area contributed by atoms with Gasteiger partial charge in [-0.1, -0.05) is 96.1 Å². The summed E-state index contributed by atoms with van der Waals surface area (Å²) in [6.45, 7) is 2.08. The van der Waals surface area contributed by atoms with Crippen molar-refractivity contribution in [2.24, 2.45) is 5.92 Å². The lowest BCUT2D eigenvalue weighted by Crippen LogP contribution is -2.60. The highest BCUT2D eigenvalue weighted by Gasteiger charge is 2.57. The Morgan fingerprint density at radius 1 is 0.672 bits per heavy atom. The average molecular weight is 792 g/mol. The molecular weight excluding hydrogens is 766 g/mol. The molecule has 3 unspecified atom stereocenters. The minimum Gasteiger partial charge on any atom is -0.509 e. The van der Waals surface area contributed by atoms with Crippen LogP contribution >= 0.6 is 0 Å². The summed E-state index contributed by atoms with van der Waals surface area (Å²) in [7, 11) is 80.9. The molecule has 3 atom stereocenters. The van der Waals surface area contributed by atoms with Crippen molar-refractivity contribution >= 4 is 138 Å². The highest BCUT2D eigenvalue weighted by molar-refractivity contribution is 6.62. The van der Waals surface area contributed by atoms with E-state index in [2.05, 4.69) is 41.8 Å². The van der Waals surface area contributed by atoms with Crippen molar-refractivity contribution in [1.29, 1.82) is 0 Å². The molecule has 1 aromatic heterocycles. The van der Waals surface area contributed by atoms with Crippen LogP contribution in [0.3, 0.4) is 0 Å². The Balaban J connectivity index is 1.24. The van der Waals surface area contributed by atoms with E-state index in [-0.39, 0.29) is 38.3 Å². The molecule has 0 aliphatic heterocycles. The van der Waals surface area contributed by atoms with E-state index >= 15 is 0 Å². The van der Waals surface area contributed by atoms with Gasteiger partial charge in [0, 0.05) is 29.4 Å². The standard InChI is InChI=1S/C48H26B12N2O2/c1-2-31-61-29-9-5-6-10-30(29)62(31)24-15-13-20-17-22(12-11-21(20)18-24)32-34-35(39(50)43(54)42(53)38(34)49)33(37-36(32)40(51)44(55)45(63)41(37)52)23-14-16-26-25-7-3-4-8-27(25)46(28(26)19-23,47(56,57)58)48(59,60)64/h3-19,32,34,63-64H,2H2,1H3. The number of phenolic OH excluding ortho intramolecular Hbond substituents is 1. The number of nitrogens with zero attached hydrogens (tertiary/aromatic N) is 2. The third kappa shape index (κ3) is 5.72. The normalized spacial score (nSPS) is 19.5. The summed E-state index contributed by atoms with van der Waals surface area (Å²) < 4.78 is 2.17. The van der Waals surface area contributed by atoms with Crippen LogP contribution in [0.4, 0.5) is 0 Å². The zero-order chi connectivity index (χ0) is 45.5. The number of aliphatic hydroxyl groups is 1. The number of allylic oxidation sites excluding steroid dienone is 5. The van der Waals surface area contributed by atoms with Crippen molar-refractivity contribution in [1.82, 2.24) is 9.55 Å². The molecule has 2 N–H and O–H groups in total. The number of rotatable bonds is 6. The van der Waals surface area contributed by atoms with Crippen LogP contribution in [0.2, 0.25) is 5.11 Å². The molecule has 276 valence electrons. The Labute approximate surface area is 389 Å². The molecule has 0 spiro atoms. The van der Waals surface area contributed by atoms with E-state index in [1.807, 2.05) is 48.5 Å². The van der Waals surface area contributed by atoms with Gasteiger partial charge < -0.3 is 10.2 Å². The topological polar surface area (TPSA) is 58.3 Å². The molecule has 10 rings (SSSR count). The number of aryl methyl sites for hydroxylation is 1. The minimum atomic E-state index is -2.60. The van der Waals surface area contributed by atoms with E-state index in [0.29, 0.717) is 50.1 Å². The summed E-state index contributed by atoms with van der Waals surface area (Å²) in [4.78, 5) is 4.88. The van der Waals surface area contributed by atoms with Gasteiger partial charge in [-0.2, -0.15) is 0 Å². The van der Waals surface area contributed by atoms with Crippen molar-refractivity contribution in [3.8, 4) is 22.6 Å². The molecule has 16 heteroatoms. The monoisotopic (exact) mass is 794 g/mol. The lowest BCUT2D eigenvalue weighted by atomic mass is 9.24. The van der Waals surface area contributed by atoms with E-state index in [1.54, 1.807) is 24.3 Å². The molecule has 0 fully saturated rings. The van der Waals surface area contributed by atoms with E-state index in [0.717, 1.165) is 45.3 Å². The first-order valence-electron chi connectivity index (χ1n) is 20.7. The maximum absolute atomic E-state index is 11.7. The third-order valence-electron chi connectivity index (χ3n) is 13.6. The SMILES string of the molecule is [B]C1=C([B])C2=C(c3ccc4c(c3)C(C([B])([B])[B])(C([B])([B])O)c3ccccc3-4)c3c([B])c(O)c([B])c([B])c3C(c3ccc4cc(-n5c(CC)nc6ccccc65)ccc4c3)C2C([B])=C1[B]. The fourth-order valence-corrected chi connectivity index (χ4v) is 10.8. The van der Waals surface area contributed by atoms with Gasteiger partial charge in [0.1, 0.15) is 82.2 Å². The van der Waals surface area contributed by atoms with Crippen molar-refractivity contribution in [3.05, 3.63) is 170 Å². The van der Waals surface area contributed by atoms with Gasteiger partial charge in [-0.25, -0.2) is 4.98 Å². The number of hydrogen-bond acceptors (Lipinski definition) is 3. The van der Waals surface area contributed by atoms with Crippen molar-refractivity contribution in [2.75, 3.05) is 0 Å². The van der Waals surface area contributed by atoms with E-state index in [9.17, 15) is 10.2 Å². The lowest BCUT2D eigenvalue weighted by molar-refractivity contribution is 0.138. The number of para-hydroxylation sites is 2. The summed E-state index contributed by atoms with van der Waals surface area (Å²) in [5.41, 5.74) is 6.03. The van der Waals surface area contributed by atoms with Gasteiger partial charge in [0.05, 0.1) is 34.6 Å². The fraction of sp³-hybridized carbons (Fsp3) is 0.146. The second kappa shape index (κ2) is 14.7. The molecule has 0 saturated carbocycles. The van der Waals surface area contributed by atoms with Crippen molar-refractivity contribution in [3.63, 3.8) is 0 Å². The van der Waals surface area contributed by atoms with Gasteiger partial charge in [0.15, 0.2) is 0 Å². The van der Waals surface area contributed by atoms with Crippen LogP contribution < -0.4 is 16.4 Å². The lowest BCUT2D eigenvalue weighted by Gasteiger charge is -2.54. The first-order chi connectivity index (χ1) is 30.3. The Morgan fingerprint density at radius 3 is 2.06 bits per heavy atom. The first-order valence-corrected chi connectivity index (χ1v) is 20.7. The summed E-state index contributed by atoms with van der Waals surface area (Å²) >= 11 is 0. The molecular formula is C48H26B12N2O2. The molecule has 64 heavy (non-hydrogen) atoms. The van der Waals surface area contributed by atoms with Crippen LogP contribution in [0.25, 0.3) is 44.2 Å².